The summed E-state index contributed by atoms with van der Waals surface area (Å²) in [5.74, 6) is -0.955. The van der Waals surface area contributed by atoms with Gasteiger partial charge in [0.05, 0.1) is 28.3 Å². The van der Waals surface area contributed by atoms with Crippen molar-refractivity contribution in [2.24, 2.45) is 0 Å². The molecule has 2 heterocycles. The Morgan fingerprint density at radius 2 is 1.87 bits per heavy atom. The third-order valence-electron chi connectivity index (χ3n) is 4.14. The van der Waals surface area contributed by atoms with E-state index in [1.807, 2.05) is 17.5 Å². The molecular formula is C20H17F3N2O3S3. The number of benzene rings is 1. The minimum Gasteiger partial charge on any atom is -0.347 e. The van der Waals surface area contributed by atoms with Crippen LogP contribution in [0.2, 0.25) is 0 Å². The lowest BCUT2D eigenvalue weighted by molar-refractivity contribution is -0.139. The number of rotatable bonds is 8. The summed E-state index contributed by atoms with van der Waals surface area (Å²) in [5, 5.41) is 4.98. The number of carbonyl (C=O) groups excluding carboxylic acids is 1. The Kier molecular flexibility index (Phi) is 7.39. The SMILES string of the molecule is O=C(NCc1cccs1)c1cccnc1SCCS(=O)(=O)c1ccccc1C(F)(F)F. The smallest absolute Gasteiger partial charge is 0.347 e. The fourth-order valence-electron chi connectivity index (χ4n) is 2.68. The van der Waals surface area contributed by atoms with Crippen molar-refractivity contribution >= 4 is 38.8 Å². The number of hydrogen-bond donors (Lipinski definition) is 1. The van der Waals surface area contributed by atoms with Gasteiger partial charge in [-0.2, -0.15) is 13.2 Å². The third-order valence-corrected chi connectivity index (χ3v) is 8.05. The van der Waals surface area contributed by atoms with E-state index in [2.05, 4.69) is 10.3 Å². The number of nitrogens with zero attached hydrogens (tertiary/aromatic N) is 1. The maximum Gasteiger partial charge on any atom is 0.417 e. The molecule has 0 radical (unpaired) electrons. The zero-order chi connectivity index (χ0) is 22.5. The van der Waals surface area contributed by atoms with E-state index in [0.717, 1.165) is 34.8 Å². The van der Waals surface area contributed by atoms with Crippen LogP contribution in [-0.4, -0.2) is 30.8 Å². The van der Waals surface area contributed by atoms with E-state index in [1.165, 1.54) is 23.6 Å². The molecule has 1 N–H and O–H groups in total. The Bertz CT molecular complexity index is 1150. The first-order valence-electron chi connectivity index (χ1n) is 8.96. The van der Waals surface area contributed by atoms with E-state index in [9.17, 15) is 26.4 Å². The van der Waals surface area contributed by atoms with Gasteiger partial charge in [-0.25, -0.2) is 13.4 Å². The first kappa shape index (κ1) is 23.3. The van der Waals surface area contributed by atoms with Crippen LogP contribution in [0.3, 0.4) is 0 Å². The maximum atomic E-state index is 13.2. The predicted molar refractivity (Wildman–Crippen MR) is 114 cm³/mol. The van der Waals surface area contributed by atoms with Crippen LogP contribution in [-0.2, 0) is 22.6 Å². The second-order valence-electron chi connectivity index (χ2n) is 6.28. The molecule has 2 aromatic heterocycles. The first-order valence-corrected chi connectivity index (χ1v) is 12.5. The standard InChI is InChI=1S/C20H17F3N2O3S3/c21-20(22,23)16-7-1-2-8-17(16)31(27,28)12-11-30-19-15(6-3-9-24-19)18(26)25-13-14-5-4-10-29-14/h1-10H,11-13H2,(H,25,26). The number of carbonyl (C=O) groups is 1. The highest BCUT2D eigenvalue weighted by atomic mass is 32.2. The predicted octanol–water partition coefficient (Wildman–Crippen LogP) is 4.66. The van der Waals surface area contributed by atoms with Crippen molar-refractivity contribution < 1.29 is 26.4 Å². The minimum absolute atomic E-state index is 0.0588. The number of nitrogens with one attached hydrogen (secondary N) is 1. The van der Waals surface area contributed by atoms with Gasteiger partial charge in [-0.3, -0.25) is 4.79 Å². The summed E-state index contributed by atoms with van der Waals surface area (Å²) in [6, 6.07) is 11.0. The maximum absolute atomic E-state index is 13.2. The summed E-state index contributed by atoms with van der Waals surface area (Å²) >= 11 is 2.50. The first-order chi connectivity index (χ1) is 14.7. The highest BCUT2D eigenvalue weighted by Crippen LogP contribution is 2.34. The van der Waals surface area contributed by atoms with Gasteiger partial charge in [0, 0.05) is 16.8 Å². The van der Waals surface area contributed by atoms with E-state index in [-0.39, 0.29) is 17.2 Å². The second kappa shape index (κ2) is 9.84. The van der Waals surface area contributed by atoms with Gasteiger partial charge < -0.3 is 5.32 Å². The lowest BCUT2D eigenvalue weighted by Gasteiger charge is -2.13. The van der Waals surface area contributed by atoms with Crippen molar-refractivity contribution in [3.05, 3.63) is 76.1 Å². The molecule has 1 aromatic carbocycles. The number of thiophene rings is 1. The largest absolute Gasteiger partial charge is 0.417 e. The van der Waals surface area contributed by atoms with Crippen LogP contribution < -0.4 is 5.32 Å². The lowest BCUT2D eigenvalue weighted by atomic mass is 10.2. The topological polar surface area (TPSA) is 76.1 Å². The minimum atomic E-state index is -4.77. The van der Waals surface area contributed by atoms with Crippen molar-refractivity contribution in [2.75, 3.05) is 11.5 Å². The molecule has 0 spiro atoms. The Morgan fingerprint density at radius 1 is 1.10 bits per heavy atom. The molecule has 3 rings (SSSR count). The fraction of sp³-hybridized carbons (Fsp3) is 0.200. The Labute approximate surface area is 185 Å². The van der Waals surface area contributed by atoms with Crippen molar-refractivity contribution in [1.82, 2.24) is 10.3 Å². The molecule has 0 saturated heterocycles. The molecule has 1 amide bonds. The molecule has 0 bridgehead atoms. The number of aromatic nitrogens is 1. The summed E-state index contributed by atoms with van der Waals surface area (Å²) in [7, 11) is -4.18. The number of pyridine rings is 1. The number of halogens is 3. The molecular weight excluding hydrogens is 469 g/mol. The molecule has 0 aliphatic rings. The van der Waals surface area contributed by atoms with Crippen molar-refractivity contribution in [3.8, 4) is 0 Å². The Morgan fingerprint density at radius 3 is 2.58 bits per heavy atom. The van der Waals surface area contributed by atoms with Gasteiger partial charge >= 0.3 is 6.18 Å². The average Bonchev–Trinajstić information content (AvgIpc) is 3.25. The van der Waals surface area contributed by atoms with E-state index in [4.69, 9.17) is 0 Å². The van der Waals surface area contributed by atoms with Crippen molar-refractivity contribution in [1.29, 1.82) is 0 Å². The van der Waals surface area contributed by atoms with Crippen LogP contribution in [0.5, 0.6) is 0 Å². The summed E-state index contributed by atoms with van der Waals surface area (Å²) < 4.78 is 64.5. The van der Waals surface area contributed by atoms with Crippen LogP contribution in [0.1, 0.15) is 20.8 Å². The molecule has 31 heavy (non-hydrogen) atoms. The molecule has 164 valence electrons. The number of thioether (sulfide) groups is 1. The van der Waals surface area contributed by atoms with Gasteiger partial charge in [0.1, 0.15) is 5.03 Å². The summed E-state index contributed by atoms with van der Waals surface area (Å²) in [4.78, 5) is 16.8. The van der Waals surface area contributed by atoms with Gasteiger partial charge in [-0.05, 0) is 35.7 Å². The van der Waals surface area contributed by atoms with Crippen LogP contribution >= 0.6 is 23.1 Å². The lowest BCUT2D eigenvalue weighted by Crippen LogP contribution is -2.23. The Balaban J connectivity index is 1.68. The number of alkyl halides is 3. The van der Waals surface area contributed by atoms with E-state index >= 15 is 0 Å². The van der Waals surface area contributed by atoms with E-state index in [1.54, 1.807) is 12.1 Å². The fourth-order valence-corrected chi connectivity index (χ4v) is 6.21. The molecule has 5 nitrogen and oxygen atoms in total. The number of hydrogen-bond acceptors (Lipinski definition) is 6. The zero-order valence-corrected chi connectivity index (χ0v) is 18.4. The molecule has 0 fully saturated rings. The number of sulfone groups is 1. The van der Waals surface area contributed by atoms with Crippen molar-refractivity contribution in [3.63, 3.8) is 0 Å². The zero-order valence-electron chi connectivity index (χ0n) is 15.9. The van der Waals surface area contributed by atoms with Crippen LogP contribution in [0.25, 0.3) is 0 Å². The monoisotopic (exact) mass is 486 g/mol. The summed E-state index contributed by atoms with van der Waals surface area (Å²) in [6.07, 6.45) is -3.31. The summed E-state index contributed by atoms with van der Waals surface area (Å²) in [5.41, 5.74) is -0.913. The third kappa shape index (κ3) is 6.08. The molecule has 11 heteroatoms. The quantitative estimate of drug-likeness (QED) is 0.469. The highest BCUT2D eigenvalue weighted by Gasteiger charge is 2.36. The van der Waals surface area contributed by atoms with Gasteiger partial charge in [-0.1, -0.05) is 18.2 Å². The van der Waals surface area contributed by atoms with Crippen LogP contribution in [0, 0.1) is 0 Å². The second-order valence-corrected chi connectivity index (χ2v) is 10.5. The average molecular weight is 487 g/mol. The van der Waals surface area contributed by atoms with Gasteiger partial charge in [0.2, 0.25) is 0 Å². The molecule has 0 aliphatic heterocycles. The molecule has 0 atom stereocenters. The Hall–Kier alpha value is -2.37. The summed E-state index contributed by atoms with van der Waals surface area (Å²) in [6.45, 7) is 0.345. The molecule has 0 aliphatic carbocycles. The van der Waals surface area contributed by atoms with E-state index in [0.29, 0.717) is 11.6 Å². The molecule has 0 saturated carbocycles. The van der Waals surface area contributed by atoms with Gasteiger partial charge in [0.25, 0.3) is 5.91 Å². The van der Waals surface area contributed by atoms with Crippen LogP contribution in [0.15, 0.2) is 70.0 Å². The van der Waals surface area contributed by atoms with E-state index < -0.39 is 32.2 Å². The normalized spacial score (nSPS) is 12.0. The van der Waals surface area contributed by atoms with Gasteiger partial charge in [0.15, 0.2) is 9.84 Å². The van der Waals surface area contributed by atoms with Crippen molar-refractivity contribution in [2.45, 2.75) is 22.6 Å². The molecule has 0 unspecified atom stereocenters. The number of amides is 1. The van der Waals surface area contributed by atoms with Crippen LogP contribution in [0.4, 0.5) is 13.2 Å². The highest BCUT2D eigenvalue weighted by molar-refractivity contribution is 8.00. The van der Waals surface area contributed by atoms with Gasteiger partial charge in [-0.15, -0.1) is 23.1 Å². The molecule has 3 aromatic rings.